The van der Waals surface area contributed by atoms with Crippen molar-refractivity contribution in [1.82, 2.24) is 5.32 Å². The van der Waals surface area contributed by atoms with Crippen LogP contribution in [-0.2, 0) is 0 Å². The zero-order valence-electron chi connectivity index (χ0n) is 11.0. The molecule has 0 spiro atoms. The maximum absolute atomic E-state index is 5.96. The van der Waals surface area contributed by atoms with Crippen LogP contribution in [0.15, 0.2) is 54.6 Å². The number of benzene rings is 2. The summed E-state index contributed by atoms with van der Waals surface area (Å²) in [4.78, 5) is 0. The number of hydrogen-bond acceptors (Lipinski definition) is 1. The molecule has 2 heteroatoms. The minimum Gasteiger partial charge on any atom is -0.313 e. The van der Waals surface area contributed by atoms with E-state index in [1.807, 2.05) is 19.2 Å². The van der Waals surface area contributed by atoms with Crippen LogP contribution in [0.5, 0.6) is 0 Å². The van der Waals surface area contributed by atoms with Gasteiger partial charge in [-0.3, -0.25) is 0 Å². The summed E-state index contributed by atoms with van der Waals surface area (Å²) in [5.41, 5.74) is 2.79. The van der Waals surface area contributed by atoms with Gasteiger partial charge in [0, 0.05) is 11.1 Å². The SMILES string of the molecule is CNC(c1ccc(Cl)cc1)C1CC1c1ccccc1. The summed E-state index contributed by atoms with van der Waals surface area (Å²) in [6.45, 7) is 0. The Hall–Kier alpha value is -1.31. The molecule has 3 rings (SSSR count). The van der Waals surface area contributed by atoms with Gasteiger partial charge in [-0.15, -0.1) is 0 Å². The van der Waals surface area contributed by atoms with E-state index in [2.05, 4.69) is 47.8 Å². The summed E-state index contributed by atoms with van der Waals surface area (Å²) < 4.78 is 0. The standard InChI is InChI=1S/C17H18ClN/c1-19-17(13-7-9-14(18)10-8-13)16-11-15(16)12-5-3-2-4-6-12/h2-10,15-17,19H,11H2,1H3. The Labute approximate surface area is 119 Å². The van der Waals surface area contributed by atoms with E-state index < -0.39 is 0 Å². The van der Waals surface area contributed by atoms with Crippen LogP contribution < -0.4 is 5.32 Å². The molecule has 19 heavy (non-hydrogen) atoms. The maximum atomic E-state index is 5.96. The van der Waals surface area contributed by atoms with Crippen molar-refractivity contribution in [2.24, 2.45) is 5.92 Å². The van der Waals surface area contributed by atoms with E-state index in [9.17, 15) is 0 Å². The molecule has 3 unspecified atom stereocenters. The van der Waals surface area contributed by atoms with Gasteiger partial charge in [-0.25, -0.2) is 0 Å². The molecular formula is C17H18ClN. The zero-order chi connectivity index (χ0) is 13.2. The molecule has 1 N–H and O–H groups in total. The Kier molecular flexibility index (Phi) is 3.58. The fourth-order valence-corrected chi connectivity index (χ4v) is 3.09. The Morgan fingerprint density at radius 2 is 1.74 bits per heavy atom. The number of rotatable bonds is 4. The third-order valence-electron chi connectivity index (χ3n) is 4.04. The number of hydrogen-bond donors (Lipinski definition) is 1. The second-order valence-corrected chi connectivity index (χ2v) is 5.67. The summed E-state index contributed by atoms with van der Waals surface area (Å²) in [7, 11) is 2.04. The van der Waals surface area contributed by atoms with Crippen LogP contribution in [-0.4, -0.2) is 7.05 Å². The third kappa shape index (κ3) is 2.68. The topological polar surface area (TPSA) is 12.0 Å². The van der Waals surface area contributed by atoms with Gasteiger partial charge in [-0.1, -0.05) is 54.1 Å². The molecule has 0 heterocycles. The molecule has 0 radical (unpaired) electrons. The van der Waals surface area contributed by atoms with Crippen LogP contribution in [0, 0.1) is 5.92 Å². The molecule has 1 aliphatic rings. The van der Waals surface area contributed by atoms with Gasteiger partial charge in [0.25, 0.3) is 0 Å². The van der Waals surface area contributed by atoms with Crippen LogP contribution in [0.25, 0.3) is 0 Å². The molecular weight excluding hydrogens is 254 g/mol. The molecule has 2 aromatic rings. The average molecular weight is 272 g/mol. The fraction of sp³-hybridized carbons (Fsp3) is 0.294. The Morgan fingerprint density at radius 1 is 1.05 bits per heavy atom. The summed E-state index contributed by atoms with van der Waals surface area (Å²) in [5.74, 6) is 1.38. The highest BCUT2D eigenvalue weighted by atomic mass is 35.5. The lowest BCUT2D eigenvalue weighted by Gasteiger charge is -2.17. The second-order valence-electron chi connectivity index (χ2n) is 5.23. The predicted octanol–water partition coefficient (Wildman–Crippen LogP) is 4.40. The van der Waals surface area contributed by atoms with E-state index in [1.54, 1.807) is 0 Å². The largest absolute Gasteiger partial charge is 0.313 e. The predicted molar refractivity (Wildman–Crippen MR) is 80.5 cm³/mol. The summed E-state index contributed by atoms with van der Waals surface area (Å²) >= 11 is 5.96. The molecule has 3 atom stereocenters. The first-order valence-corrected chi connectivity index (χ1v) is 7.15. The van der Waals surface area contributed by atoms with E-state index >= 15 is 0 Å². The monoisotopic (exact) mass is 271 g/mol. The third-order valence-corrected chi connectivity index (χ3v) is 4.29. The molecule has 0 aliphatic heterocycles. The molecule has 1 fully saturated rings. The Bertz CT molecular complexity index is 535. The van der Waals surface area contributed by atoms with E-state index in [0.29, 0.717) is 17.9 Å². The molecule has 0 amide bonds. The molecule has 0 bridgehead atoms. The van der Waals surface area contributed by atoms with Gasteiger partial charge < -0.3 is 5.32 Å². The van der Waals surface area contributed by atoms with E-state index in [4.69, 9.17) is 11.6 Å². The van der Waals surface area contributed by atoms with E-state index in [-0.39, 0.29) is 0 Å². The highest BCUT2D eigenvalue weighted by molar-refractivity contribution is 6.30. The van der Waals surface area contributed by atoms with Crippen LogP contribution in [0.2, 0.25) is 5.02 Å². The fourth-order valence-electron chi connectivity index (χ4n) is 2.96. The second kappa shape index (κ2) is 5.36. The molecule has 0 saturated heterocycles. The summed E-state index contributed by atoms with van der Waals surface area (Å²) in [6, 6.07) is 19.4. The van der Waals surface area contributed by atoms with Gasteiger partial charge in [-0.2, -0.15) is 0 Å². The van der Waals surface area contributed by atoms with Gasteiger partial charge in [-0.05, 0) is 48.6 Å². The minimum atomic E-state index is 0.419. The Morgan fingerprint density at radius 3 is 2.37 bits per heavy atom. The lowest BCUT2D eigenvalue weighted by atomic mass is 9.99. The van der Waals surface area contributed by atoms with Crippen molar-refractivity contribution in [3.8, 4) is 0 Å². The highest BCUT2D eigenvalue weighted by Crippen LogP contribution is 2.53. The van der Waals surface area contributed by atoms with Crippen LogP contribution in [0.1, 0.15) is 29.5 Å². The van der Waals surface area contributed by atoms with Crippen LogP contribution in [0.4, 0.5) is 0 Å². The zero-order valence-corrected chi connectivity index (χ0v) is 11.8. The van der Waals surface area contributed by atoms with Crippen LogP contribution in [0.3, 0.4) is 0 Å². The molecule has 1 saturated carbocycles. The smallest absolute Gasteiger partial charge is 0.0406 e. The minimum absolute atomic E-state index is 0.419. The summed E-state index contributed by atoms with van der Waals surface area (Å²) in [6.07, 6.45) is 1.26. The van der Waals surface area contributed by atoms with Crippen molar-refractivity contribution < 1.29 is 0 Å². The van der Waals surface area contributed by atoms with Crippen LogP contribution >= 0.6 is 11.6 Å². The van der Waals surface area contributed by atoms with Crippen molar-refractivity contribution in [1.29, 1.82) is 0 Å². The van der Waals surface area contributed by atoms with Crippen molar-refractivity contribution in [2.45, 2.75) is 18.4 Å². The summed E-state index contributed by atoms with van der Waals surface area (Å²) in [5, 5.41) is 4.26. The van der Waals surface area contributed by atoms with Gasteiger partial charge in [0.15, 0.2) is 0 Å². The number of nitrogens with one attached hydrogen (secondary N) is 1. The van der Waals surface area contributed by atoms with Gasteiger partial charge in [0.2, 0.25) is 0 Å². The number of halogens is 1. The lowest BCUT2D eigenvalue weighted by molar-refractivity contribution is 0.518. The molecule has 1 nitrogen and oxygen atoms in total. The first-order valence-electron chi connectivity index (χ1n) is 6.77. The van der Waals surface area contributed by atoms with Gasteiger partial charge in [0.1, 0.15) is 0 Å². The molecule has 0 aromatic heterocycles. The van der Waals surface area contributed by atoms with E-state index in [1.165, 1.54) is 17.5 Å². The van der Waals surface area contributed by atoms with Crippen molar-refractivity contribution in [3.63, 3.8) is 0 Å². The molecule has 1 aliphatic carbocycles. The molecule has 2 aromatic carbocycles. The average Bonchev–Trinajstić information content (AvgIpc) is 3.23. The Balaban J connectivity index is 1.77. The maximum Gasteiger partial charge on any atom is 0.0406 e. The first-order chi connectivity index (χ1) is 9.29. The van der Waals surface area contributed by atoms with E-state index in [0.717, 1.165) is 5.02 Å². The lowest BCUT2D eigenvalue weighted by Crippen LogP contribution is -2.19. The van der Waals surface area contributed by atoms with Gasteiger partial charge >= 0.3 is 0 Å². The normalized spacial score (nSPS) is 23.1. The van der Waals surface area contributed by atoms with Crippen molar-refractivity contribution in [3.05, 3.63) is 70.7 Å². The quantitative estimate of drug-likeness (QED) is 0.869. The van der Waals surface area contributed by atoms with Gasteiger partial charge in [0.05, 0.1) is 0 Å². The van der Waals surface area contributed by atoms with Crippen molar-refractivity contribution in [2.75, 3.05) is 7.05 Å². The molecule has 98 valence electrons. The highest BCUT2D eigenvalue weighted by Gasteiger charge is 2.43. The first kappa shape index (κ1) is 12.7. The van der Waals surface area contributed by atoms with Crippen molar-refractivity contribution >= 4 is 11.6 Å².